The quantitative estimate of drug-likeness (QED) is 0.374. The van der Waals surface area contributed by atoms with Crippen LogP contribution in [0.4, 0.5) is 0 Å². The number of hydrogen-bond acceptors (Lipinski definition) is 6. The minimum atomic E-state index is 1.25. The van der Waals surface area contributed by atoms with Gasteiger partial charge in [0.25, 0.3) is 0 Å². The fraction of sp³-hybridized carbons (Fsp3) is 1.00. The predicted molar refractivity (Wildman–Crippen MR) is 149 cm³/mol. The van der Waals surface area contributed by atoms with Gasteiger partial charge in [-0.25, -0.2) is 0 Å². The van der Waals surface area contributed by atoms with Crippen molar-refractivity contribution in [3.05, 3.63) is 0 Å². The highest BCUT2D eigenvalue weighted by atomic mass is 15.3. The van der Waals surface area contributed by atoms with Crippen molar-refractivity contribution in [1.29, 1.82) is 0 Å². The molecule has 0 aromatic heterocycles. The molecule has 2 heterocycles. The first-order valence-electron chi connectivity index (χ1n) is 15.0. The monoisotopic (exact) mass is 480 g/mol. The maximum atomic E-state index is 2.76. The standard InChI is InChI=1S/C28H60N6/c1-5-11-29-17-18-30(12-6-2)22-26-33(25-21-29)15-9-10-16-34-27-23-31(13-7-3)19-20-32(14-8-4)24-28-34/h5-28H2,1-4H3. The summed E-state index contributed by atoms with van der Waals surface area (Å²) in [5, 5.41) is 0. The minimum Gasteiger partial charge on any atom is -0.301 e. The molecule has 0 bridgehead atoms. The molecule has 0 spiro atoms. The predicted octanol–water partition coefficient (Wildman–Crippen LogP) is 3.25. The summed E-state index contributed by atoms with van der Waals surface area (Å²) in [6.07, 6.45) is 7.78. The normalized spacial score (nSPS) is 22.6. The molecule has 0 saturated carbocycles. The zero-order chi connectivity index (χ0) is 24.4. The van der Waals surface area contributed by atoms with E-state index in [4.69, 9.17) is 0 Å². The fourth-order valence-corrected chi connectivity index (χ4v) is 5.65. The zero-order valence-electron chi connectivity index (χ0n) is 23.7. The Morgan fingerprint density at radius 3 is 0.647 bits per heavy atom. The molecule has 0 amide bonds. The van der Waals surface area contributed by atoms with E-state index in [0.29, 0.717) is 0 Å². The SMILES string of the molecule is CCCN1CCN(CCC)CCN(CCCCN2CCN(CCC)CCN(CCC)CC2)CC1. The van der Waals surface area contributed by atoms with Gasteiger partial charge in [-0.15, -0.1) is 0 Å². The van der Waals surface area contributed by atoms with E-state index >= 15 is 0 Å². The van der Waals surface area contributed by atoms with Gasteiger partial charge >= 0.3 is 0 Å². The molecular weight excluding hydrogens is 420 g/mol. The van der Waals surface area contributed by atoms with Crippen LogP contribution in [0.2, 0.25) is 0 Å². The van der Waals surface area contributed by atoms with Gasteiger partial charge < -0.3 is 29.4 Å². The Labute approximate surface area is 213 Å². The molecule has 2 aliphatic rings. The van der Waals surface area contributed by atoms with Crippen molar-refractivity contribution in [3.63, 3.8) is 0 Å². The third-order valence-electron chi connectivity index (χ3n) is 7.75. The summed E-state index contributed by atoms with van der Waals surface area (Å²) in [5.41, 5.74) is 0. The number of unbranched alkanes of at least 4 members (excludes halogenated alkanes) is 1. The second kappa shape index (κ2) is 18.9. The van der Waals surface area contributed by atoms with Gasteiger partial charge in [-0.3, -0.25) is 0 Å². The molecule has 0 aromatic rings. The van der Waals surface area contributed by atoms with Crippen LogP contribution in [0.25, 0.3) is 0 Å². The summed E-state index contributed by atoms with van der Waals surface area (Å²) in [7, 11) is 0. The third-order valence-corrected chi connectivity index (χ3v) is 7.75. The third kappa shape index (κ3) is 12.6. The van der Waals surface area contributed by atoms with Crippen LogP contribution in [0, 0.1) is 0 Å². The number of hydrogen-bond donors (Lipinski definition) is 0. The van der Waals surface area contributed by atoms with E-state index in [1.54, 1.807) is 0 Å². The van der Waals surface area contributed by atoms with Gasteiger partial charge in [0.15, 0.2) is 0 Å². The average Bonchev–Trinajstić information content (AvgIpc) is 2.98. The van der Waals surface area contributed by atoms with Crippen molar-refractivity contribution in [1.82, 2.24) is 29.4 Å². The van der Waals surface area contributed by atoms with Gasteiger partial charge in [-0.1, -0.05) is 27.7 Å². The van der Waals surface area contributed by atoms with E-state index in [-0.39, 0.29) is 0 Å². The van der Waals surface area contributed by atoms with Crippen LogP contribution in [0.1, 0.15) is 66.2 Å². The molecule has 0 radical (unpaired) electrons. The lowest BCUT2D eigenvalue weighted by Crippen LogP contribution is -2.38. The Balaban J connectivity index is 1.78. The molecular formula is C28H60N6. The molecule has 0 unspecified atom stereocenters. The molecule has 6 nitrogen and oxygen atoms in total. The van der Waals surface area contributed by atoms with Crippen LogP contribution in [0.15, 0.2) is 0 Å². The Morgan fingerprint density at radius 1 is 0.294 bits per heavy atom. The molecule has 2 rings (SSSR count). The van der Waals surface area contributed by atoms with Crippen molar-refractivity contribution in [2.75, 3.05) is 118 Å². The highest BCUT2D eigenvalue weighted by molar-refractivity contribution is 4.74. The molecule has 202 valence electrons. The fourth-order valence-electron chi connectivity index (χ4n) is 5.65. The maximum absolute atomic E-state index is 2.76. The first kappa shape index (κ1) is 30.0. The van der Waals surface area contributed by atoms with Crippen molar-refractivity contribution < 1.29 is 0 Å². The molecule has 0 aliphatic carbocycles. The summed E-state index contributed by atoms with van der Waals surface area (Å²) >= 11 is 0. The molecule has 2 saturated heterocycles. The van der Waals surface area contributed by atoms with Crippen molar-refractivity contribution >= 4 is 0 Å². The summed E-state index contributed by atoms with van der Waals surface area (Å²) in [5.74, 6) is 0. The molecule has 2 fully saturated rings. The van der Waals surface area contributed by atoms with E-state index < -0.39 is 0 Å². The Morgan fingerprint density at radius 2 is 0.471 bits per heavy atom. The second-order valence-electron chi connectivity index (χ2n) is 10.8. The Kier molecular flexibility index (Phi) is 16.7. The molecule has 0 atom stereocenters. The average molecular weight is 481 g/mol. The van der Waals surface area contributed by atoms with Gasteiger partial charge in [0.05, 0.1) is 0 Å². The van der Waals surface area contributed by atoms with E-state index in [1.165, 1.54) is 156 Å². The van der Waals surface area contributed by atoms with Crippen LogP contribution < -0.4 is 0 Å². The van der Waals surface area contributed by atoms with Crippen molar-refractivity contribution in [2.45, 2.75) is 66.2 Å². The molecule has 0 N–H and O–H groups in total. The highest BCUT2D eigenvalue weighted by Gasteiger charge is 2.17. The zero-order valence-corrected chi connectivity index (χ0v) is 23.7. The van der Waals surface area contributed by atoms with E-state index in [9.17, 15) is 0 Å². The highest BCUT2D eigenvalue weighted by Crippen LogP contribution is 2.07. The second-order valence-corrected chi connectivity index (χ2v) is 10.8. The molecule has 34 heavy (non-hydrogen) atoms. The summed E-state index contributed by atoms with van der Waals surface area (Å²) < 4.78 is 0. The maximum Gasteiger partial charge on any atom is 0.0110 e. The largest absolute Gasteiger partial charge is 0.301 e. The number of nitrogens with zero attached hydrogens (tertiary/aromatic N) is 6. The van der Waals surface area contributed by atoms with Gasteiger partial charge in [0.2, 0.25) is 0 Å². The van der Waals surface area contributed by atoms with Gasteiger partial charge in [0.1, 0.15) is 0 Å². The first-order valence-corrected chi connectivity index (χ1v) is 15.0. The first-order chi connectivity index (χ1) is 16.7. The lowest BCUT2D eigenvalue weighted by Gasteiger charge is -2.27. The summed E-state index contributed by atoms with van der Waals surface area (Å²) in [6, 6.07) is 0. The molecule has 6 heteroatoms. The lowest BCUT2D eigenvalue weighted by molar-refractivity contribution is 0.197. The van der Waals surface area contributed by atoms with Crippen LogP contribution in [0.5, 0.6) is 0 Å². The van der Waals surface area contributed by atoms with Gasteiger partial charge in [-0.05, 0) is 77.8 Å². The van der Waals surface area contributed by atoms with E-state index in [0.717, 1.165) is 0 Å². The van der Waals surface area contributed by atoms with Gasteiger partial charge in [-0.2, -0.15) is 0 Å². The van der Waals surface area contributed by atoms with Crippen LogP contribution in [0.3, 0.4) is 0 Å². The Hall–Kier alpha value is -0.240. The number of rotatable bonds is 13. The van der Waals surface area contributed by atoms with Crippen molar-refractivity contribution in [2.24, 2.45) is 0 Å². The van der Waals surface area contributed by atoms with Crippen LogP contribution in [-0.4, -0.2) is 147 Å². The lowest BCUT2D eigenvalue weighted by atomic mass is 10.2. The molecule has 2 aliphatic heterocycles. The van der Waals surface area contributed by atoms with Crippen LogP contribution in [-0.2, 0) is 0 Å². The van der Waals surface area contributed by atoms with E-state index in [2.05, 4.69) is 57.1 Å². The topological polar surface area (TPSA) is 19.4 Å². The smallest absolute Gasteiger partial charge is 0.0110 e. The summed E-state index contributed by atoms with van der Waals surface area (Å²) in [6.45, 7) is 31.9. The molecule has 0 aromatic carbocycles. The Bertz CT molecular complexity index is 398. The van der Waals surface area contributed by atoms with E-state index in [1.807, 2.05) is 0 Å². The van der Waals surface area contributed by atoms with Crippen LogP contribution >= 0.6 is 0 Å². The van der Waals surface area contributed by atoms with Crippen molar-refractivity contribution in [3.8, 4) is 0 Å². The minimum absolute atomic E-state index is 1.25. The van der Waals surface area contributed by atoms with Gasteiger partial charge in [0, 0.05) is 78.5 Å². The summed E-state index contributed by atoms with van der Waals surface area (Å²) in [4.78, 5) is 16.3.